The van der Waals surface area contributed by atoms with Gasteiger partial charge < -0.3 is 14.6 Å². The van der Waals surface area contributed by atoms with E-state index in [9.17, 15) is 9.59 Å². The molecule has 0 saturated heterocycles. The third-order valence-corrected chi connectivity index (χ3v) is 1.15. The second-order valence-electron chi connectivity index (χ2n) is 3.50. The van der Waals surface area contributed by atoms with Crippen molar-refractivity contribution in [2.75, 3.05) is 13.2 Å². The van der Waals surface area contributed by atoms with Crippen LogP contribution in [0.5, 0.6) is 0 Å². The summed E-state index contributed by atoms with van der Waals surface area (Å²) in [5.74, 6) is -0.374. The van der Waals surface area contributed by atoms with Crippen LogP contribution >= 0.6 is 0 Å². The van der Waals surface area contributed by atoms with Crippen LogP contribution in [0.25, 0.3) is 0 Å². The Hall–Kier alpha value is -1.26. The molecule has 0 aliphatic rings. The summed E-state index contributed by atoms with van der Waals surface area (Å²) in [7, 11) is 0. The van der Waals surface area contributed by atoms with Gasteiger partial charge in [-0.05, 0) is 20.8 Å². The summed E-state index contributed by atoms with van der Waals surface area (Å²) in [5.41, 5.74) is -0.566. The summed E-state index contributed by atoms with van der Waals surface area (Å²) < 4.78 is 8.87. The minimum atomic E-state index is -1.37. The highest BCUT2D eigenvalue weighted by molar-refractivity contribution is 5.75. The van der Waals surface area contributed by atoms with Gasteiger partial charge in [0.25, 0.3) is 0 Å². The van der Waals surface area contributed by atoms with E-state index in [-0.39, 0.29) is 19.2 Å². The summed E-state index contributed by atoms with van der Waals surface area (Å²) in [4.78, 5) is 21.0. The fraction of sp³-hybridized carbons (Fsp3) is 0.750. The minimum absolute atomic E-state index is 0.0393. The SMILES string of the molecule is CC(C)(C)C(=O)OCCOC(=O)O. The molecule has 76 valence electrons. The van der Waals surface area contributed by atoms with Crippen LogP contribution in [-0.2, 0) is 14.3 Å². The molecule has 0 fully saturated rings. The highest BCUT2D eigenvalue weighted by Gasteiger charge is 2.22. The van der Waals surface area contributed by atoms with E-state index in [1.54, 1.807) is 20.8 Å². The molecule has 5 nitrogen and oxygen atoms in total. The summed E-state index contributed by atoms with van der Waals surface area (Å²) in [6.07, 6.45) is -1.37. The van der Waals surface area contributed by atoms with Gasteiger partial charge in [-0.15, -0.1) is 0 Å². The third kappa shape index (κ3) is 5.95. The van der Waals surface area contributed by atoms with Gasteiger partial charge in [0.2, 0.25) is 0 Å². The molecule has 1 N–H and O–H groups in total. The lowest BCUT2D eigenvalue weighted by Crippen LogP contribution is -2.24. The number of carbonyl (C=O) groups excluding carboxylic acids is 1. The highest BCUT2D eigenvalue weighted by Crippen LogP contribution is 2.14. The van der Waals surface area contributed by atoms with E-state index in [2.05, 4.69) is 4.74 Å². The van der Waals surface area contributed by atoms with Crippen molar-refractivity contribution in [3.63, 3.8) is 0 Å². The molecule has 0 saturated carbocycles. The largest absolute Gasteiger partial charge is 0.505 e. The Balaban J connectivity index is 3.55. The van der Waals surface area contributed by atoms with Crippen LogP contribution in [0.4, 0.5) is 4.79 Å². The molecule has 0 spiro atoms. The summed E-state index contributed by atoms with van der Waals surface area (Å²) in [6.45, 7) is 4.98. The number of carbonyl (C=O) groups is 2. The van der Waals surface area contributed by atoms with Gasteiger partial charge in [0, 0.05) is 0 Å². The Morgan fingerprint density at radius 1 is 1.15 bits per heavy atom. The lowest BCUT2D eigenvalue weighted by atomic mass is 9.97. The van der Waals surface area contributed by atoms with Crippen LogP contribution in [0.2, 0.25) is 0 Å². The summed E-state index contributed by atoms with van der Waals surface area (Å²) >= 11 is 0. The molecule has 0 aromatic carbocycles. The number of hydrogen-bond acceptors (Lipinski definition) is 4. The highest BCUT2D eigenvalue weighted by atomic mass is 16.7. The molecule has 0 aromatic rings. The maximum atomic E-state index is 11.1. The Morgan fingerprint density at radius 2 is 1.62 bits per heavy atom. The van der Waals surface area contributed by atoms with E-state index in [1.807, 2.05) is 0 Å². The second kappa shape index (κ2) is 4.69. The van der Waals surface area contributed by atoms with Crippen molar-refractivity contribution in [2.45, 2.75) is 20.8 Å². The molecule has 0 radical (unpaired) electrons. The van der Waals surface area contributed by atoms with Gasteiger partial charge >= 0.3 is 12.1 Å². The maximum Gasteiger partial charge on any atom is 0.505 e. The lowest BCUT2D eigenvalue weighted by Gasteiger charge is -2.15. The van der Waals surface area contributed by atoms with Crippen molar-refractivity contribution in [3.8, 4) is 0 Å². The topological polar surface area (TPSA) is 72.8 Å². The molecule has 0 aliphatic carbocycles. The van der Waals surface area contributed by atoms with Crippen molar-refractivity contribution >= 4 is 12.1 Å². The fourth-order valence-corrected chi connectivity index (χ4v) is 0.480. The predicted octanol–water partition coefficient (Wildman–Crippen LogP) is 1.27. The van der Waals surface area contributed by atoms with Crippen LogP contribution < -0.4 is 0 Å². The average Bonchev–Trinajstić information content (AvgIpc) is 1.95. The minimum Gasteiger partial charge on any atom is -0.462 e. The molecule has 0 atom stereocenters. The molecular weight excluding hydrogens is 176 g/mol. The van der Waals surface area contributed by atoms with Crippen LogP contribution in [0.15, 0.2) is 0 Å². The summed E-state index contributed by atoms with van der Waals surface area (Å²) in [6, 6.07) is 0. The van der Waals surface area contributed by atoms with Gasteiger partial charge in [0.15, 0.2) is 0 Å². The molecule has 0 aliphatic heterocycles. The molecular formula is C8H14O5. The first-order chi connectivity index (χ1) is 5.84. The number of rotatable bonds is 3. The van der Waals surface area contributed by atoms with E-state index < -0.39 is 11.6 Å². The monoisotopic (exact) mass is 190 g/mol. The molecule has 0 unspecified atom stereocenters. The molecule has 13 heavy (non-hydrogen) atoms. The fourth-order valence-electron chi connectivity index (χ4n) is 0.480. The normalized spacial score (nSPS) is 10.7. The summed E-state index contributed by atoms with van der Waals surface area (Å²) in [5, 5.41) is 8.08. The number of esters is 1. The molecule has 0 aromatic heterocycles. The van der Waals surface area contributed by atoms with E-state index in [1.165, 1.54) is 0 Å². The lowest BCUT2D eigenvalue weighted by molar-refractivity contribution is -0.154. The van der Waals surface area contributed by atoms with Gasteiger partial charge in [-0.2, -0.15) is 0 Å². The molecule has 0 bridgehead atoms. The molecule has 0 heterocycles. The van der Waals surface area contributed by atoms with E-state index in [0.29, 0.717) is 0 Å². The van der Waals surface area contributed by atoms with E-state index in [0.717, 1.165) is 0 Å². The quantitative estimate of drug-likeness (QED) is 0.536. The maximum absolute atomic E-state index is 11.1. The van der Waals surface area contributed by atoms with Crippen molar-refractivity contribution in [2.24, 2.45) is 5.41 Å². The molecule has 0 amide bonds. The van der Waals surface area contributed by atoms with Crippen LogP contribution in [0, 0.1) is 5.41 Å². The van der Waals surface area contributed by atoms with Crippen LogP contribution in [-0.4, -0.2) is 30.4 Å². The van der Waals surface area contributed by atoms with Crippen molar-refractivity contribution < 1.29 is 24.2 Å². The van der Waals surface area contributed by atoms with E-state index >= 15 is 0 Å². The Kier molecular flexibility index (Phi) is 4.23. The van der Waals surface area contributed by atoms with Crippen molar-refractivity contribution in [1.82, 2.24) is 0 Å². The Labute approximate surface area is 76.6 Å². The predicted molar refractivity (Wildman–Crippen MR) is 44.4 cm³/mol. The van der Waals surface area contributed by atoms with Gasteiger partial charge in [-0.25, -0.2) is 4.79 Å². The molecule has 0 rings (SSSR count). The Morgan fingerprint density at radius 3 is 2.00 bits per heavy atom. The van der Waals surface area contributed by atoms with Crippen LogP contribution in [0.3, 0.4) is 0 Å². The average molecular weight is 190 g/mol. The first-order valence-corrected chi connectivity index (χ1v) is 3.87. The van der Waals surface area contributed by atoms with Crippen LogP contribution in [0.1, 0.15) is 20.8 Å². The molecule has 5 heteroatoms. The van der Waals surface area contributed by atoms with E-state index in [4.69, 9.17) is 9.84 Å². The number of hydrogen-bond donors (Lipinski definition) is 1. The van der Waals surface area contributed by atoms with Gasteiger partial charge in [0.1, 0.15) is 13.2 Å². The zero-order valence-corrected chi connectivity index (χ0v) is 7.99. The van der Waals surface area contributed by atoms with Gasteiger partial charge in [-0.1, -0.05) is 0 Å². The first kappa shape index (κ1) is 11.7. The zero-order valence-electron chi connectivity index (χ0n) is 7.99. The zero-order chi connectivity index (χ0) is 10.5. The standard InChI is InChI=1S/C8H14O5/c1-8(2,3)6(9)12-4-5-13-7(10)11/h4-5H2,1-3H3,(H,10,11). The Bertz CT molecular complexity index is 191. The third-order valence-electron chi connectivity index (χ3n) is 1.15. The smallest absolute Gasteiger partial charge is 0.462 e. The van der Waals surface area contributed by atoms with Gasteiger partial charge in [-0.3, -0.25) is 4.79 Å². The number of carboxylic acid groups (broad SMARTS) is 1. The number of ether oxygens (including phenoxy) is 2. The van der Waals surface area contributed by atoms with Crippen molar-refractivity contribution in [1.29, 1.82) is 0 Å². The van der Waals surface area contributed by atoms with Crippen molar-refractivity contribution in [3.05, 3.63) is 0 Å². The second-order valence-corrected chi connectivity index (χ2v) is 3.50. The first-order valence-electron chi connectivity index (χ1n) is 3.87. The van der Waals surface area contributed by atoms with Gasteiger partial charge in [0.05, 0.1) is 5.41 Å².